The molecule has 1 aliphatic heterocycles. The van der Waals surface area contributed by atoms with Gasteiger partial charge >= 0.3 is 0 Å². The summed E-state index contributed by atoms with van der Waals surface area (Å²) in [6.45, 7) is 8.56. The molecular weight excluding hydrogens is 352 g/mol. The minimum atomic E-state index is -0.0177. The minimum absolute atomic E-state index is 0.0177. The normalized spacial score (nSPS) is 21.4. The fourth-order valence-corrected chi connectivity index (χ4v) is 4.78. The molecule has 4 rings (SSSR count). The van der Waals surface area contributed by atoms with Crippen molar-refractivity contribution >= 4 is 5.91 Å². The van der Waals surface area contributed by atoms with E-state index in [9.17, 15) is 4.79 Å². The van der Waals surface area contributed by atoms with Gasteiger partial charge in [-0.1, -0.05) is 11.3 Å². The molecule has 1 unspecified atom stereocenters. The Morgan fingerprint density at radius 3 is 2.64 bits per heavy atom. The number of amides is 1. The van der Waals surface area contributed by atoms with Gasteiger partial charge in [-0.3, -0.25) is 14.7 Å². The largest absolute Gasteiger partial charge is 0.338 e. The highest BCUT2D eigenvalue weighted by molar-refractivity contribution is 5.91. The van der Waals surface area contributed by atoms with Crippen molar-refractivity contribution in [3.8, 4) is 0 Å². The maximum atomic E-state index is 12.5. The number of carbonyl (C=O) groups is 1. The Balaban J connectivity index is 1.38. The number of rotatable bonds is 6. The first-order chi connectivity index (χ1) is 13.6. The van der Waals surface area contributed by atoms with Crippen molar-refractivity contribution in [2.24, 2.45) is 5.41 Å². The lowest BCUT2D eigenvalue weighted by Crippen LogP contribution is -2.49. The van der Waals surface area contributed by atoms with Crippen molar-refractivity contribution in [1.82, 2.24) is 29.8 Å². The van der Waals surface area contributed by atoms with E-state index in [4.69, 9.17) is 0 Å². The second-order valence-electron chi connectivity index (χ2n) is 8.12. The monoisotopic (exact) mass is 382 g/mol. The Morgan fingerprint density at radius 1 is 1.25 bits per heavy atom. The fraction of sp³-hybridized carbons (Fsp3) is 0.619. The van der Waals surface area contributed by atoms with E-state index in [1.165, 1.54) is 24.8 Å². The van der Waals surface area contributed by atoms with Crippen molar-refractivity contribution in [2.75, 3.05) is 26.2 Å². The topological polar surface area (TPSA) is 67.2 Å². The number of hydrogen-bond acceptors (Lipinski definition) is 5. The predicted octanol–water partition coefficient (Wildman–Crippen LogP) is 2.77. The van der Waals surface area contributed by atoms with Crippen LogP contribution in [0.15, 0.2) is 30.7 Å². The van der Waals surface area contributed by atoms with Gasteiger partial charge in [0.05, 0.1) is 12.2 Å². The Morgan fingerprint density at radius 2 is 2.04 bits per heavy atom. The molecule has 1 saturated heterocycles. The molecule has 3 heterocycles. The number of pyridine rings is 1. The highest BCUT2D eigenvalue weighted by atomic mass is 16.2. The van der Waals surface area contributed by atoms with Gasteiger partial charge < -0.3 is 4.90 Å². The van der Waals surface area contributed by atoms with E-state index in [-0.39, 0.29) is 5.91 Å². The Kier molecular flexibility index (Phi) is 5.44. The van der Waals surface area contributed by atoms with Gasteiger partial charge in [0.25, 0.3) is 5.91 Å². The summed E-state index contributed by atoms with van der Waals surface area (Å²) in [5.41, 5.74) is 2.06. The molecule has 0 N–H and O–H groups in total. The molecule has 0 radical (unpaired) electrons. The van der Waals surface area contributed by atoms with Gasteiger partial charge in [-0.15, -0.1) is 5.10 Å². The van der Waals surface area contributed by atoms with Crippen LogP contribution in [0.5, 0.6) is 0 Å². The molecule has 7 nitrogen and oxygen atoms in total. The van der Waals surface area contributed by atoms with E-state index in [1.54, 1.807) is 4.90 Å². The van der Waals surface area contributed by atoms with Crippen LogP contribution in [0.3, 0.4) is 0 Å². The summed E-state index contributed by atoms with van der Waals surface area (Å²) < 4.78 is 1.97. The number of hydrogen-bond donors (Lipinski definition) is 0. The summed E-state index contributed by atoms with van der Waals surface area (Å²) in [6, 6.07) is 4.52. The van der Waals surface area contributed by atoms with E-state index < -0.39 is 0 Å². The Hall–Kier alpha value is -2.28. The number of likely N-dealkylation sites (tertiary alicyclic amines) is 1. The highest BCUT2D eigenvalue weighted by Gasteiger charge is 2.49. The first-order valence-electron chi connectivity index (χ1n) is 10.5. The maximum Gasteiger partial charge on any atom is 0.276 e. The third-order valence-electron chi connectivity index (χ3n) is 6.70. The molecule has 150 valence electrons. The van der Waals surface area contributed by atoms with Gasteiger partial charge in [-0.25, -0.2) is 4.68 Å². The molecule has 1 saturated carbocycles. The van der Waals surface area contributed by atoms with Gasteiger partial charge in [0.2, 0.25) is 0 Å². The molecule has 0 bridgehead atoms. The molecule has 1 spiro atoms. The van der Waals surface area contributed by atoms with Crippen LogP contribution in [-0.4, -0.2) is 61.9 Å². The average Bonchev–Trinajstić information content (AvgIpc) is 3.18. The zero-order valence-electron chi connectivity index (χ0n) is 16.9. The van der Waals surface area contributed by atoms with Gasteiger partial charge in [0, 0.05) is 32.0 Å². The Labute approximate surface area is 166 Å². The maximum absolute atomic E-state index is 12.5. The third-order valence-corrected chi connectivity index (χ3v) is 6.70. The first-order valence-corrected chi connectivity index (χ1v) is 10.5. The van der Waals surface area contributed by atoms with Crippen LogP contribution in [0.25, 0.3) is 0 Å². The van der Waals surface area contributed by atoms with Gasteiger partial charge in [-0.2, -0.15) is 0 Å². The minimum Gasteiger partial charge on any atom is -0.338 e. The van der Waals surface area contributed by atoms with Gasteiger partial charge in [0.1, 0.15) is 0 Å². The first kappa shape index (κ1) is 19.1. The van der Waals surface area contributed by atoms with Crippen LogP contribution in [-0.2, 0) is 6.54 Å². The molecule has 28 heavy (non-hydrogen) atoms. The van der Waals surface area contributed by atoms with Crippen LogP contribution in [0.4, 0.5) is 0 Å². The van der Waals surface area contributed by atoms with Crippen LogP contribution in [0, 0.1) is 5.41 Å². The van der Waals surface area contributed by atoms with Crippen LogP contribution < -0.4 is 0 Å². The second kappa shape index (κ2) is 7.99. The molecule has 1 amide bonds. The third kappa shape index (κ3) is 3.55. The summed E-state index contributed by atoms with van der Waals surface area (Å²) in [7, 11) is 0. The van der Waals surface area contributed by atoms with E-state index in [2.05, 4.69) is 26.3 Å². The van der Waals surface area contributed by atoms with Crippen molar-refractivity contribution < 1.29 is 4.79 Å². The summed E-state index contributed by atoms with van der Waals surface area (Å²) in [5.74, 6) is -0.0177. The molecule has 7 heteroatoms. The van der Waals surface area contributed by atoms with Crippen molar-refractivity contribution in [3.05, 3.63) is 42.0 Å². The lowest BCUT2D eigenvalue weighted by Gasteiger charge is -2.53. The second-order valence-corrected chi connectivity index (χ2v) is 8.12. The van der Waals surface area contributed by atoms with Crippen LogP contribution in [0.1, 0.15) is 61.6 Å². The number of nitrogens with zero attached hydrogens (tertiary/aromatic N) is 6. The lowest BCUT2D eigenvalue weighted by atomic mass is 9.59. The Bertz CT molecular complexity index is 792. The smallest absolute Gasteiger partial charge is 0.276 e. The molecule has 2 aromatic rings. The number of carbonyl (C=O) groups excluding carboxylic acids is 1. The standard InChI is InChI=1S/C21H30N6O/c1-3-26(4-2)20(28)18-16-27(24-23-18)19-7-8-21(19)9-12-25(13-10-21)15-17-6-5-11-22-14-17/h5-6,11,14,16,19H,3-4,7-10,12-13,15H2,1-2H3. The fourth-order valence-electron chi connectivity index (χ4n) is 4.78. The molecule has 0 aromatic carbocycles. The summed E-state index contributed by atoms with van der Waals surface area (Å²) in [5, 5.41) is 8.53. The molecule has 2 aromatic heterocycles. The lowest BCUT2D eigenvalue weighted by molar-refractivity contribution is -0.0334. The molecule has 1 aliphatic carbocycles. The van der Waals surface area contributed by atoms with Crippen LogP contribution >= 0.6 is 0 Å². The van der Waals surface area contributed by atoms with E-state index in [1.807, 2.05) is 43.2 Å². The summed E-state index contributed by atoms with van der Waals surface area (Å²) in [6.07, 6.45) is 10.4. The van der Waals surface area contributed by atoms with Gasteiger partial charge in [-0.05, 0) is 69.7 Å². The zero-order valence-corrected chi connectivity index (χ0v) is 16.9. The van der Waals surface area contributed by atoms with Gasteiger partial charge in [0.15, 0.2) is 5.69 Å². The highest BCUT2D eigenvalue weighted by Crippen LogP contribution is 2.56. The average molecular weight is 383 g/mol. The molecule has 2 fully saturated rings. The predicted molar refractivity (Wildman–Crippen MR) is 107 cm³/mol. The molecular formula is C21H30N6O. The van der Waals surface area contributed by atoms with E-state index >= 15 is 0 Å². The number of aromatic nitrogens is 4. The quantitative estimate of drug-likeness (QED) is 0.768. The van der Waals surface area contributed by atoms with Crippen molar-refractivity contribution in [3.63, 3.8) is 0 Å². The summed E-state index contributed by atoms with van der Waals surface area (Å²) in [4.78, 5) is 21.1. The number of piperidine rings is 1. The van der Waals surface area contributed by atoms with Crippen molar-refractivity contribution in [2.45, 2.75) is 52.1 Å². The SMILES string of the molecule is CCN(CC)C(=O)c1cn(C2CCC23CCN(Cc2cccnc2)CC3)nn1. The molecule has 2 aliphatic rings. The van der Waals surface area contributed by atoms with Crippen molar-refractivity contribution in [1.29, 1.82) is 0 Å². The molecule has 1 atom stereocenters. The summed E-state index contributed by atoms with van der Waals surface area (Å²) >= 11 is 0. The zero-order chi connectivity index (χ0) is 19.6. The van der Waals surface area contributed by atoms with E-state index in [0.717, 1.165) is 26.1 Å². The van der Waals surface area contributed by atoms with E-state index in [0.29, 0.717) is 30.2 Å². The van der Waals surface area contributed by atoms with Crippen LogP contribution in [0.2, 0.25) is 0 Å².